The van der Waals surface area contributed by atoms with Crippen molar-refractivity contribution in [2.24, 2.45) is 0 Å². The highest BCUT2D eigenvalue weighted by Gasteiger charge is 2.34. The van der Waals surface area contributed by atoms with Crippen LogP contribution in [0.1, 0.15) is 22.3 Å². The van der Waals surface area contributed by atoms with Crippen molar-refractivity contribution in [3.05, 3.63) is 89.7 Å². The Morgan fingerprint density at radius 2 is 1.97 bits per heavy atom. The van der Waals surface area contributed by atoms with E-state index in [1.165, 1.54) is 0 Å². The third-order valence-corrected chi connectivity index (χ3v) is 7.47. The van der Waals surface area contributed by atoms with Crippen LogP contribution in [0.25, 0.3) is 33.2 Å². The van der Waals surface area contributed by atoms with E-state index in [9.17, 15) is 13.2 Å². The molecular weight excluding hydrogens is 490 g/mol. The van der Waals surface area contributed by atoms with Crippen LogP contribution in [-0.2, 0) is 20.8 Å². The van der Waals surface area contributed by atoms with Crippen molar-refractivity contribution in [3.63, 3.8) is 0 Å². The van der Waals surface area contributed by atoms with E-state index in [0.29, 0.717) is 30.8 Å². The molecule has 6 rings (SSSR count). The molecule has 1 saturated heterocycles. The van der Waals surface area contributed by atoms with Gasteiger partial charge in [-0.3, -0.25) is 13.5 Å². The van der Waals surface area contributed by atoms with Gasteiger partial charge in [0.2, 0.25) is 0 Å². The third kappa shape index (κ3) is 4.22. The maximum Gasteiger partial charge on any atom is 0.264 e. The van der Waals surface area contributed by atoms with Gasteiger partial charge in [0.25, 0.3) is 16.0 Å². The van der Waals surface area contributed by atoms with Crippen LogP contribution >= 0.6 is 0 Å². The van der Waals surface area contributed by atoms with Crippen molar-refractivity contribution in [2.45, 2.75) is 19.0 Å². The Morgan fingerprint density at radius 1 is 1.16 bits per heavy atom. The SMILES string of the molecule is [C-]#[N+]c1ccc(-c2cc3n(c2)Cc2cc(C(=O)N4CC[C@H]4COS(C)(=O)=O)ccc2-n2ccnc2-3)cc1. The molecule has 0 radical (unpaired) electrons. The van der Waals surface area contributed by atoms with E-state index >= 15 is 0 Å². The van der Waals surface area contributed by atoms with Crippen molar-refractivity contribution in [1.82, 2.24) is 19.0 Å². The van der Waals surface area contributed by atoms with E-state index in [0.717, 1.165) is 40.2 Å². The molecule has 0 aliphatic carbocycles. The van der Waals surface area contributed by atoms with Crippen molar-refractivity contribution < 1.29 is 17.4 Å². The summed E-state index contributed by atoms with van der Waals surface area (Å²) in [5.74, 6) is 0.669. The molecule has 0 unspecified atom stereocenters. The molecule has 0 saturated carbocycles. The number of hydrogen-bond acceptors (Lipinski definition) is 5. The third-order valence-electron chi connectivity index (χ3n) is 6.90. The summed E-state index contributed by atoms with van der Waals surface area (Å²) in [6, 6.07) is 15.0. The lowest BCUT2D eigenvalue weighted by molar-refractivity contribution is 0.0341. The van der Waals surface area contributed by atoms with Crippen LogP contribution in [0.5, 0.6) is 0 Å². The number of imidazole rings is 1. The quantitative estimate of drug-likeness (QED) is 0.261. The molecule has 2 aromatic heterocycles. The topological polar surface area (TPSA) is 90.8 Å². The van der Waals surface area contributed by atoms with E-state index in [4.69, 9.17) is 10.8 Å². The average Bonchev–Trinajstić information content (AvgIpc) is 3.48. The first-order chi connectivity index (χ1) is 17.8. The minimum atomic E-state index is -3.56. The standard InChI is InChI=1S/C27H23N5O4S/c1-28-22-6-3-18(4-7-22)20-14-25-26-29-10-12-32(26)24-8-5-19(13-21(24)16-30(25)15-20)27(33)31-11-9-23(31)17-36-37(2,34)35/h3-8,10,12-15,23H,9,11,16-17H2,2H3/t23-/m0/s1. The fourth-order valence-electron chi connectivity index (χ4n) is 4.92. The van der Waals surface area contributed by atoms with E-state index in [1.807, 2.05) is 53.2 Å². The van der Waals surface area contributed by atoms with Crippen LogP contribution in [0.15, 0.2) is 67.1 Å². The number of carbonyl (C=O) groups is 1. The van der Waals surface area contributed by atoms with Crippen LogP contribution in [0.4, 0.5) is 5.69 Å². The average molecular weight is 514 g/mol. The molecule has 1 atom stereocenters. The number of hydrogen-bond donors (Lipinski definition) is 0. The monoisotopic (exact) mass is 513 g/mol. The highest BCUT2D eigenvalue weighted by atomic mass is 32.2. The number of benzene rings is 2. The van der Waals surface area contributed by atoms with Gasteiger partial charge in [-0.1, -0.05) is 24.3 Å². The van der Waals surface area contributed by atoms with Crippen LogP contribution in [-0.4, -0.2) is 58.8 Å². The van der Waals surface area contributed by atoms with Gasteiger partial charge >= 0.3 is 0 Å². The number of carbonyl (C=O) groups excluding carboxylic acids is 1. The first-order valence-electron chi connectivity index (χ1n) is 11.8. The van der Waals surface area contributed by atoms with Gasteiger partial charge in [0, 0.05) is 42.8 Å². The lowest BCUT2D eigenvalue weighted by Crippen LogP contribution is -2.53. The van der Waals surface area contributed by atoms with Crippen LogP contribution in [0, 0.1) is 6.57 Å². The summed E-state index contributed by atoms with van der Waals surface area (Å²) in [5, 5.41) is 0. The zero-order valence-corrected chi connectivity index (χ0v) is 20.9. The van der Waals surface area contributed by atoms with Gasteiger partial charge in [-0.2, -0.15) is 8.42 Å². The number of rotatable bonds is 5. The van der Waals surface area contributed by atoms with Crippen LogP contribution < -0.4 is 0 Å². The maximum atomic E-state index is 13.3. The zero-order chi connectivity index (χ0) is 25.7. The second kappa shape index (κ2) is 8.73. The zero-order valence-electron chi connectivity index (χ0n) is 20.0. The van der Waals surface area contributed by atoms with Crippen molar-refractivity contribution in [1.29, 1.82) is 0 Å². The van der Waals surface area contributed by atoms with E-state index in [-0.39, 0.29) is 18.6 Å². The Bertz CT molecular complexity index is 1680. The predicted molar refractivity (Wildman–Crippen MR) is 138 cm³/mol. The molecule has 2 aromatic carbocycles. The Labute approximate surface area is 214 Å². The summed E-state index contributed by atoms with van der Waals surface area (Å²) in [6.45, 7) is 8.27. The molecule has 0 spiro atoms. The summed E-state index contributed by atoms with van der Waals surface area (Å²) in [5.41, 5.74) is 6.06. The van der Waals surface area contributed by atoms with Gasteiger partial charge in [-0.05, 0) is 41.8 Å². The van der Waals surface area contributed by atoms with Gasteiger partial charge < -0.3 is 9.47 Å². The maximum absolute atomic E-state index is 13.3. The van der Waals surface area contributed by atoms with Crippen molar-refractivity contribution in [2.75, 3.05) is 19.4 Å². The van der Waals surface area contributed by atoms with Crippen LogP contribution in [0.3, 0.4) is 0 Å². The van der Waals surface area contributed by atoms with E-state index in [1.54, 1.807) is 11.1 Å². The fraction of sp³-hybridized carbons (Fsp3) is 0.222. The molecule has 37 heavy (non-hydrogen) atoms. The smallest absolute Gasteiger partial charge is 0.264 e. The van der Waals surface area contributed by atoms with Crippen molar-refractivity contribution >= 4 is 21.7 Å². The predicted octanol–water partition coefficient (Wildman–Crippen LogP) is 4.11. The number of aromatic nitrogens is 3. The summed E-state index contributed by atoms with van der Waals surface area (Å²) < 4.78 is 31.8. The first kappa shape index (κ1) is 23.2. The molecule has 1 fully saturated rings. The normalized spacial score (nSPS) is 16.1. The minimum Gasteiger partial charge on any atom is -0.340 e. The molecular formula is C27H23N5O4S. The molecule has 186 valence electrons. The van der Waals surface area contributed by atoms with Gasteiger partial charge in [0.05, 0.1) is 36.9 Å². The first-order valence-corrected chi connectivity index (χ1v) is 13.6. The second-order valence-corrected chi connectivity index (χ2v) is 10.9. The molecule has 0 bridgehead atoms. The Balaban J connectivity index is 1.33. The highest BCUT2D eigenvalue weighted by molar-refractivity contribution is 7.85. The Hall–Kier alpha value is -4.20. The lowest BCUT2D eigenvalue weighted by Gasteiger charge is -2.40. The largest absolute Gasteiger partial charge is 0.340 e. The highest BCUT2D eigenvalue weighted by Crippen LogP contribution is 2.35. The summed E-state index contributed by atoms with van der Waals surface area (Å²) >= 11 is 0. The Kier molecular flexibility index (Phi) is 5.47. The molecule has 9 nitrogen and oxygen atoms in total. The molecule has 1 amide bonds. The number of fused-ring (bicyclic) bond motifs is 5. The summed E-state index contributed by atoms with van der Waals surface area (Å²) in [6.07, 6.45) is 7.46. The van der Waals surface area contributed by atoms with Crippen LogP contribution in [0.2, 0.25) is 0 Å². The molecule has 4 aromatic rings. The second-order valence-electron chi connectivity index (χ2n) is 9.29. The molecule has 10 heteroatoms. The molecule has 0 N–H and O–H groups in total. The van der Waals surface area contributed by atoms with Gasteiger partial charge in [-0.15, -0.1) is 0 Å². The van der Waals surface area contributed by atoms with E-state index in [2.05, 4.69) is 26.7 Å². The molecule has 2 aliphatic rings. The molecule has 2 aliphatic heterocycles. The van der Waals surface area contributed by atoms with Gasteiger partial charge in [0.1, 0.15) is 0 Å². The number of nitrogens with zero attached hydrogens (tertiary/aromatic N) is 5. The van der Waals surface area contributed by atoms with Gasteiger partial charge in [0.15, 0.2) is 11.5 Å². The summed E-state index contributed by atoms with van der Waals surface area (Å²) in [4.78, 5) is 23.0. The fourth-order valence-corrected chi connectivity index (χ4v) is 5.32. The minimum absolute atomic E-state index is 0.0275. The summed E-state index contributed by atoms with van der Waals surface area (Å²) in [7, 11) is -3.56. The lowest BCUT2D eigenvalue weighted by atomic mass is 10.0. The molecule has 4 heterocycles. The number of likely N-dealkylation sites (tertiary alicyclic amines) is 1. The van der Waals surface area contributed by atoms with E-state index < -0.39 is 10.1 Å². The Morgan fingerprint density at radius 3 is 2.68 bits per heavy atom. The number of amides is 1. The van der Waals surface area contributed by atoms with Crippen molar-refractivity contribution in [3.8, 4) is 28.3 Å². The van der Waals surface area contributed by atoms with Gasteiger partial charge in [-0.25, -0.2) is 9.83 Å².